The average molecular weight is 457 g/mol. The van der Waals surface area contributed by atoms with Gasteiger partial charge >= 0.3 is 8.25 Å². The highest BCUT2D eigenvalue weighted by atomic mass is 31.1. The highest BCUT2D eigenvalue weighted by molar-refractivity contribution is 7.32. The molecule has 1 saturated heterocycles. The summed E-state index contributed by atoms with van der Waals surface area (Å²) in [5.41, 5.74) is 2.19. The second kappa shape index (κ2) is 8.65. The Labute approximate surface area is 184 Å². The van der Waals surface area contributed by atoms with E-state index in [1.54, 1.807) is 17.0 Å². The zero-order valence-corrected chi connectivity index (χ0v) is 18.0. The van der Waals surface area contributed by atoms with E-state index in [1.165, 1.54) is 6.33 Å². The van der Waals surface area contributed by atoms with Crippen molar-refractivity contribution in [2.24, 2.45) is 0 Å². The number of aromatic nitrogens is 3. The van der Waals surface area contributed by atoms with Gasteiger partial charge in [0.2, 0.25) is 0 Å². The molecule has 2 N–H and O–H groups in total. The predicted molar refractivity (Wildman–Crippen MR) is 114 cm³/mol. The third-order valence-electron chi connectivity index (χ3n) is 5.91. The number of amides is 1. The van der Waals surface area contributed by atoms with Crippen LogP contribution >= 0.6 is 8.25 Å². The van der Waals surface area contributed by atoms with Gasteiger partial charge in [-0.1, -0.05) is 18.2 Å². The Morgan fingerprint density at radius 3 is 2.84 bits per heavy atom. The van der Waals surface area contributed by atoms with Crippen molar-refractivity contribution in [3.8, 4) is 0 Å². The van der Waals surface area contributed by atoms with E-state index in [4.69, 9.17) is 14.2 Å². The number of hydrogen-bond acceptors (Lipinski definition) is 7. The lowest BCUT2D eigenvalue weighted by molar-refractivity contribution is -0.0393. The van der Waals surface area contributed by atoms with Crippen molar-refractivity contribution in [3.05, 3.63) is 54.0 Å². The monoisotopic (exact) mass is 457 g/mol. The van der Waals surface area contributed by atoms with E-state index in [-0.39, 0.29) is 18.9 Å². The summed E-state index contributed by atoms with van der Waals surface area (Å²) in [5.74, 6) is 0.432. The Hall–Kier alpha value is -2.75. The van der Waals surface area contributed by atoms with Crippen LogP contribution in [0.15, 0.2) is 42.9 Å². The predicted octanol–water partition coefficient (Wildman–Crippen LogP) is 2.34. The molecule has 0 bridgehead atoms. The maximum Gasteiger partial charge on any atom is 0.695 e. The number of aliphatic hydroxyl groups is 1. The van der Waals surface area contributed by atoms with Crippen LogP contribution in [0.25, 0.3) is 11.0 Å². The van der Waals surface area contributed by atoms with E-state index in [0.717, 1.165) is 23.8 Å². The van der Waals surface area contributed by atoms with Gasteiger partial charge in [-0.15, -0.1) is 9.42 Å². The van der Waals surface area contributed by atoms with E-state index in [0.29, 0.717) is 23.6 Å². The summed E-state index contributed by atoms with van der Waals surface area (Å²) in [6, 6.07) is 9.09. The molecule has 32 heavy (non-hydrogen) atoms. The number of benzene rings is 1. The van der Waals surface area contributed by atoms with E-state index < -0.39 is 26.7 Å². The molecule has 2 aromatic heterocycles. The van der Waals surface area contributed by atoms with Crippen LogP contribution < -0.4 is 4.90 Å². The Kier molecular flexibility index (Phi) is 5.71. The van der Waals surface area contributed by atoms with Crippen molar-refractivity contribution in [1.82, 2.24) is 14.5 Å². The van der Waals surface area contributed by atoms with Gasteiger partial charge in [-0.25, -0.2) is 9.97 Å². The molecule has 2 aliphatic rings. The highest BCUT2D eigenvalue weighted by Crippen LogP contribution is 2.40. The smallest absolute Gasteiger partial charge is 0.394 e. The van der Waals surface area contributed by atoms with Crippen LogP contribution in [0.1, 0.15) is 35.0 Å². The van der Waals surface area contributed by atoms with Gasteiger partial charge < -0.3 is 14.4 Å². The summed E-state index contributed by atoms with van der Waals surface area (Å²) in [5, 5.41) is 10.4. The van der Waals surface area contributed by atoms with Crippen molar-refractivity contribution >= 4 is 31.0 Å². The largest absolute Gasteiger partial charge is 0.695 e. The Balaban J connectivity index is 1.54. The minimum absolute atomic E-state index is 0.121. The molecule has 0 spiro atoms. The van der Waals surface area contributed by atoms with Crippen molar-refractivity contribution in [2.75, 3.05) is 18.1 Å². The lowest BCUT2D eigenvalue weighted by atomic mass is 10.1. The Morgan fingerprint density at radius 2 is 2.09 bits per heavy atom. The molecule has 3 aromatic rings. The van der Waals surface area contributed by atoms with Gasteiger partial charge in [0.1, 0.15) is 36.2 Å². The number of aryl methyl sites for hydroxylation is 1. The first-order chi connectivity index (χ1) is 15.6. The normalized spacial score (nSPS) is 23.4. The first-order valence-corrected chi connectivity index (χ1v) is 11.5. The lowest BCUT2D eigenvalue weighted by Gasteiger charge is -2.21. The molecule has 0 saturated carbocycles. The highest BCUT2D eigenvalue weighted by Gasteiger charge is 2.42. The molecule has 1 aromatic carbocycles. The second-order valence-electron chi connectivity index (χ2n) is 7.81. The number of aliphatic hydroxyl groups excluding tert-OH is 1. The van der Waals surface area contributed by atoms with Crippen molar-refractivity contribution in [2.45, 2.75) is 37.7 Å². The summed E-state index contributed by atoms with van der Waals surface area (Å²) in [6.45, 7) is 0.205. The number of ether oxygens (including phenoxy) is 1. The second-order valence-corrected chi connectivity index (χ2v) is 8.50. The molecule has 5 rings (SSSR count). The molecule has 4 heterocycles. The standard InChI is InChI=1S/C21H21N4O6P/c26-11-16-15(31-32(28)29)9-17(30-16)25-10-14-7-4-8-24(19-18(14)20(25)23-12-22-19)21(27)13-5-2-1-3-6-13/h1-3,5-6,10,12,15-17,26H,4,7-9,11H2/p+1/t15-,16+,17+/m0/s1. The fourth-order valence-electron chi connectivity index (χ4n) is 4.49. The maximum atomic E-state index is 13.2. The van der Waals surface area contributed by atoms with E-state index >= 15 is 0 Å². The lowest BCUT2D eigenvalue weighted by Crippen LogP contribution is -2.32. The molecule has 1 fully saturated rings. The molecule has 10 nitrogen and oxygen atoms in total. The third-order valence-corrected chi connectivity index (χ3v) is 6.36. The number of anilines is 1. The van der Waals surface area contributed by atoms with Crippen LogP contribution in [0, 0.1) is 0 Å². The molecule has 11 heteroatoms. The molecule has 0 aliphatic carbocycles. The summed E-state index contributed by atoms with van der Waals surface area (Å²) in [4.78, 5) is 33.0. The number of hydrogen-bond donors (Lipinski definition) is 2. The number of carbonyl (C=O) groups is 1. The van der Waals surface area contributed by atoms with Gasteiger partial charge in [0.15, 0.2) is 0 Å². The van der Waals surface area contributed by atoms with Gasteiger partial charge in [0, 0.05) is 29.3 Å². The van der Waals surface area contributed by atoms with Crippen LogP contribution in [0.5, 0.6) is 0 Å². The topological polar surface area (TPSA) is 127 Å². The van der Waals surface area contributed by atoms with Crippen molar-refractivity contribution < 1.29 is 28.6 Å². The average Bonchev–Trinajstić information content (AvgIpc) is 3.31. The minimum Gasteiger partial charge on any atom is -0.394 e. The van der Waals surface area contributed by atoms with Gasteiger partial charge in [-0.3, -0.25) is 9.69 Å². The van der Waals surface area contributed by atoms with Gasteiger partial charge in [-0.2, -0.15) is 0 Å². The number of nitrogens with zero attached hydrogens (tertiary/aromatic N) is 4. The quantitative estimate of drug-likeness (QED) is 0.559. The summed E-state index contributed by atoms with van der Waals surface area (Å²) in [6.07, 6.45) is 3.15. The molecule has 2 aliphatic heterocycles. The Morgan fingerprint density at radius 1 is 1.28 bits per heavy atom. The molecule has 4 atom stereocenters. The first-order valence-electron chi connectivity index (χ1n) is 10.4. The number of carbonyl (C=O) groups excluding carboxylic acids is 1. The van der Waals surface area contributed by atoms with Crippen LogP contribution in [-0.2, 0) is 20.2 Å². The molecule has 1 unspecified atom stereocenters. The van der Waals surface area contributed by atoms with Crippen molar-refractivity contribution in [3.63, 3.8) is 0 Å². The zero-order valence-electron chi connectivity index (χ0n) is 17.1. The minimum atomic E-state index is -2.82. The SMILES string of the molecule is O=C(c1ccccc1)N1CCCc2cn([C@H]3C[C@H](O[P+](=O)O)[C@@H](CO)O3)c3ncnc1c23. The molecular weight excluding hydrogens is 435 g/mol. The van der Waals surface area contributed by atoms with Crippen LogP contribution in [0.4, 0.5) is 5.82 Å². The van der Waals surface area contributed by atoms with Crippen LogP contribution in [0.2, 0.25) is 0 Å². The van der Waals surface area contributed by atoms with Gasteiger partial charge in [0.05, 0.1) is 12.0 Å². The fraction of sp³-hybridized carbons (Fsp3) is 0.381. The third kappa shape index (κ3) is 3.70. The fourth-order valence-corrected chi connectivity index (χ4v) is 4.94. The van der Waals surface area contributed by atoms with E-state index in [2.05, 4.69) is 9.97 Å². The molecule has 1 amide bonds. The van der Waals surface area contributed by atoms with Crippen LogP contribution in [0.3, 0.4) is 0 Å². The summed E-state index contributed by atoms with van der Waals surface area (Å²) >= 11 is 0. The number of rotatable bonds is 5. The van der Waals surface area contributed by atoms with E-state index in [1.807, 2.05) is 29.0 Å². The molecule has 166 valence electrons. The molecule has 0 radical (unpaired) electrons. The zero-order chi connectivity index (χ0) is 22.2. The van der Waals surface area contributed by atoms with Crippen LogP contribution in [-0.4, -0.2) is 55.8 Å². The van der Waals surface area contributed by atoms with Crippen molar-refractivity contribution in [1.29, 1.82) is 0 Å². The Bertz CT molecular complexity index is 1170. The maximum absolute atomic E-state index is 13.2. The van der Waals surface area contributed by atoms with Gasteiger partial charge in [0.25, 0.3) is 5.91 Å². The van der Waals surface area contributed by atoms with Gasteiger partial charge in [-0.05, 0) is 30.5 Å². The first kappa shape index (κ1) is 21.1. The molecular formula is C21H22N4O6P+. The summed E-state index contributed by atoms with van der Waals surface area (Å²) < 4.78 is 24.0. The summed E-state index contributed by atoms with van der Waals surface area (Å²) in [7, 11) is -2.82. The van der Waals surface area contributed by atoms with E-state index in [9.17, 15) is 14.5 Å².